The molecule has 0 fully saturated rings. The van der Waals surface area contributed by atoms with Gasteiger partial charge in [-0.25, -0.2) is 4.39 Å². The van der Waals surface area contributed by atoms with E-state index in [-0.39, 0.29) is 11.9 Å². The first-order valence-electron chi connectivity index (χ1n) is 7.07. The van der Waals surface area contributed by atoms with Crippen molar-refractivity contribution in [3.63, 3.8) is 0 Å². The van der Waals surface area contributed by atoms with Crippen LogP contribution in [0.1, 0.15) is 31.0 Å². The molecule has 0 radical (unpaired) electrons. The number of ether oxygens (including phenoxy) is 1. The zero-order valence-electron chi connectivity index (χ0n) is 12.2. The van der Waals surface area contributed by atoms with Gasteiger partial charge in [0.2, 0.25) is 0 Å². The smallest absolute Gasteiger partial charge is 0.124 e. The average Bonchev–Trinajstić information content (AvgIpc) is 2.49. The van der Waals surface area contributed by atoms with E-state index >= 15 is 0 Å². The number of nitrogens with one attached hydrogen (secondary N) is 1. The maximum atomic E-state index is 13.6. The summed E-state index contributed by atoms with van der Waals surface area (Å²) in [5, 5.41) is 3.41. The van der Waals surface area contributed by atoms with Crippen molar-refractivity contribution in [1.82, 2.24) is 5.32 Å². The van der Waals surface area contributed by atoms with Gasteiger partial charge in [0.05, 0.1) is 12.6 Å². The van der Waals surface area contributed by atoms with Crippen molar-refractivity contribution in [2.45, 2.75) is 19.9 Å². The van der Waals surface area contributed by atoms with Gasteiger partial charge in [-0.05, 0) is 43.3 Å². The molecule has 0 bridgehead atoms. The van der Waals surface area contributed by atoms with Gasteiger partial charge in [0, 0.05) is 10.0 Å². The van der Waals surface area contributed by atoms with E-state index in [2.05, 4.69) is 21.2 Å². The van der Waals surface area contributed by atoms with Crippen LogP contribution in [0.4, 0.5) is 4.39 Å². The lowest BCUT2D eigenvalue weighted by Crippen LogP contribution is -2.23. The Bertz CT molecular complexity index is 603. The monoisotopic (exact) mass is 351 g/mol. The number of hydrogen-bond acceptors (Lipinski definition) is 2. The van der Waals surface area contributed by atoms with Gasteiger partial charge in [-0.1, -0.05) is 41.1 Å². The van der Waals surface area contributed by atoms with Crippen LogP contribution in [0, 0.1) is 5.82 Å². The van der Waals surface area contributed by atoms with Gasteiger partial charge < -0.3 is 10.1 Å². The van der Waals surface area contributed by atoms with E-state index < -0.39 is 0 Å². The second kappa shape index (κ2) is 7.57. The molecule has 2 aromatic carbocycles. The summed E-state index contributed by atoms with van der Waals surface area (Å²) in [6, 6.07) is 12.5. The summed E-state index contributed by atoms with van der Waals surface area (Å²) in [4.78, 5) is 0. The molecule has 0 aliphatic heterocycles. The molecule has 0 spiro atoms. The van der Waals surface area contributed by atoms with E-state index in [4.69, 9.17) is 4.74 Å². The summed E-state index contributed by atoms with van der Waals surface area (Å²) in [5.41, 5.74) is 1.87. The Morgan fingerprint density at radius 1 is 1.14 bits per heavy atom. The van der Waals surface area contributed by atoms with Crippen molar-refractivity contribution in [3.8, 4) is 5.75 Å². The van der Waals surface area contributed by atoms with Gasteiger partial charge in [0.25, 0.3) is 0 Å². The Labute approximate surface area is 133 Å². The van der Waals surface area contributed by atoms with Crippen molar-refractivity contribution in [3.05, 3.63) is 63.9 Å². The summed E-state index contributed by atoms with van der Waals surface area (Å²) >= 11 is 3.51. The highest BCUT2D eigenvalue weighted by molar-refractivity contribution is 9.10. The second-order valence-electron chi connectivity index (χ2n) is 4.63. The molecule has 1 unspecified atom stereocenters. The predicted molar refractivity (Wildman–Crippen MR) is 87.2 cm³/mol. The van der Waals surface area contributed by atoms with Crippen LogP contribution < -0.4 is 10.1 Å². The van der Waals surface area contributed by atoms with Crippen molar-refractivity contribution < 1.29 is 9.13 Å². The highest BCUT2D eigenvalue weighted by Crippen LogP contribution is 2.34. The third-order valence-electron chi connectivity index (χ3n) is 3.21. The molecule has 0 amide bonds. The standard InChI is InChI=1S/C17H19BrFNO/c1-3-20-17(14-11-12(19)9-10-15(14)18)13-7-5-6-8-16(13)21-4-2/h5-11,17,20H,3-4H2,1-2H3. The van der Waals surface area contributed by atoms with Gasteiger partial charge in [-0.15, -0.1) is 0 Å². The van der Waals surface area contributed by atoms with Crippen LogP contribution in [0.25, 0.3) is 0 Å². The van der Waals surface area contributed by atoms with Crippen molar-refractivity contribution in [2.75, 3.05) is 13.2 Å². The molecule has 21 heavy (non-hydrogen) atoms. The molecule has 0 heterocycles. The van der Waals surface area contributed by atoms with E-state index in [1.807, 2.05) is 38.1 Å². The SMILES string of the molecule is CCNC(c1cc(F)ccc1Br)c1ccccc1OCC. The van der Waals surface area contributed by atoms with Crippen LogP contribution in [0.15, 0.2) is 46.9 Å². The lowest BCUT2D eigenvalue weighted by molar-refractivity contribution is 0.333. The van der Waals surface area contributed by atoms with E-state index in [0.29, 0.717) is 6.61 Å². The minimum atomic E-state index is -0.245. The molecule has 2 rings (SSSR count). The molecule has 0 saturated carbocycles. The number of benzene rings is 2. The molecule has 4 heteroatoms. The summed E-state index contributed by atoms with van der Waals surface area (Å²) in [5.74, 6) is 0.576. The normalized spacial score (nSPS) is 12.2. The van der Waals surface area contributed by atoms with Gasteiger partial charge >= 0.3 is 0 Å². The first-order valence-corrected chi connectivity index (χ1v) is 7.86. The summed E-state index contributed by atoms with van der Waals surface area (Å²) in [6.07, 6.45) is 0. The van der Waals surface area contributed by atoms with Crippen LogP contribution in [0.2, 0.25) is 0 Å². The molecule has 112 valence electrons. The van der Waals surface area contributed by atoms with Gasteiger partial charge in [0.15, 0.2) is 0 Å². The van der Waals surface area contributed by atoms with Gasteiger partial charge in [-0.2, -0.15) is 0 Å². The number of hydrogen-bond donors (Lipinski definition) is 1. The Balaban J connectivity index is 2.50. The lowest BCUT2D eigenvalue weighted by atomic mass is 9.97. The molecular formula is C17H19BrFNO. The maximum Gasteiger partial charge on any atom is 0.124 e. The molecular weight excluding hydrogens is 333 g/mol. The summed E-state index contributed by atoms with van der Waals surface area (Å²) < 4.78 is 20.2. The fourth-order valence-electron chi connectivity index (χ4n) is 2.33. The first-order chi connectivity index (χ1) is 10.2. The Morgan fingerprint density at radius 2 is 1.90 bits per heavy atom. The highest BCUT2D eigenvalue weighted by atomic mass is 79.9. The van der Waals surface area contributed by atoms with Crippen LogP contribution in [0.5, 0.6) is 5.75 Å². The summed E-state index contributed by atoms with van der Waals surface area (Å²) in [6.45, 7) is 5.36. The minimum absolute atomic E-state index is 0.122. The van der Waals surface area contributed by atoms with E-state index in [1.54, 1.807) is 12.1 Å². The fourth-order valence-corrected chi connectivity index (χ4v) is 2.81. The van der Waals surface area contributed by atoms with Gasteiger partial charge in [-0.3, -0.25) is 0 Å². The maximum absolute atomic E-state index is 13.6. The molecule has 0 aromatic heterocycles. The molecule has 2 nitrogen and oxygen atoms in total. The largest absolute Gasteiger partial charge is 0.494 e. The van der Waals surface area contributed by atoms with Crippen molar-refractivity contribution in [1.29, 1.82) is 0 Å². The third-order valence-corrected chi connectivity index (χ3v) is 3.93. The van der Waals surface area contributed by atoms with E-state index in [1.165, 1.54) is 6.07 Å². The Morgan fingerprint density at radius 3 is 2.62 bits per heavy atom. The van der Waals surface area contributed by atoms with E-state index in [0.717, 1.165) is 27.9 Å². The number of rotatable bonds is 6. The van der Waals surface area contributed by atoms with Gasteiger partial charge in [0.1, 0.15) is 11.6 Å². The molecule has 0 aliphatic rings. The molecule has 1 atom stereocenters. The van der Waals surface area contributed by atoms with E-state index in [9.17, 15) is 4.39 Å². The average molecular weight is 352 g/mol. The van der Waals surface area contributed by atoms with Crippen LogP contribution in [0.3, 0.4) is 0 Å². The van der Waals surface area contributed by atoms with Crippen molar-refractivity contribution >= 4 is 15.9 Å². The molecule has 2 aromatic rings. The zero-order chi connectivity index (χ0) is 15.2. The quantitative estimate of drug-likeness (QED) is 0.815. The lowest BCUT2D eigenvalue weighted by Gasteiger charge is -2.23. The summed E-state index contributed by atoms with van der Waals surface area (Å²) in [7, 11) is 0. The number of halogens is 2. The van der Waals surface area contributed by atoms with Crippen LogP contribution >= 0.6 is 15.9 Å². The first kappa shape index (κ1) is 16.0. The van der Waals surface area contributed by atoms with Crippen LogP contribution in [-0.2, 0) is 0 Å². The molecule has 0 saturated heterocycles. The fraction of sp³-hybridized carbons (Fsp3) is 0.294. The zero-order valence-corrected chi connectivity index (χ0v) is 13.8. The topological polar surface area (TPSA) is 21.3 Å². The minimum Gasteiger partial charge on any atom is -0.494 e. The van der Waals surface area contributed by atoms with Crippen molar-refractivity contribution in [2.24, 2.45) is 0 Å². The predicted octanol–water partition coefficient (Wildman–Crippen LogP) is 4.69. The van der Waals surface area contributed by atoms with Crippen LogP contribution in [-0.4, -0.2) is 13.2 Å². The molecule has 1 N–H and O–H groups in total. The Hall–Kier alpha value is -1.39. The Kier molecular flexibility index (Phi) is 5.76. The molecule has 0 aliphatic carbocycles. The number of para-hydroxylation sites is 1. The third kappa shape index (κ3) is 3.83. The second-order valence-corrected chi connectivity index (χ2v) is 5.48. The highest BCUT2D eigenvalue weighted by Gasteiger charge is 2.20.